The molecule has 0 aromatic heterocycles. The highest BCUT2D eigenvalue weighted by atomic mass is 16.5. The number of methoxy groups -OCH3 is 1. The zero-order chi connectivity index (χ0) is 24.9. The number of carbonyl (C=O) groups is 2. The summed E-state index contributed by atoms with van der Waals surface area (Å²) in [7, 11) is 1.25. The molecule has 1 aliphatic carbocycles. The van der Waals surface area contributed by atoms with E-state index in [0.717, 1.165) is 30.4 Å². The number of carbonyl (C=O) groups excluding carboxylic acids is 2. The number of esters is 1. The predicted molar refractivity (Wildman–Crippen MR) is 126 cm³/mol. The number of hydrogen-bond donors (Lipinski definition) is 3. The molecule has 0 bridgehead atoms. The van der Waals surface area contributed by atoms with E-state index in [0.29, 0.717) is 18.4 Å². The number of aliphatic hydroxyl groups excluding tert-OH is 2. The Morgan fingerprint density at radius 2 is 1.72 bits per heavy atom. The lowest BCUT2D eigenvalue weighted by molar-refractivity contribution is -0.136. The minimum Gasteiger partial charge on any atom is -0.507 e. The van der Waals surface area contributed by atoms with E-state index in [2.05, 4.69) is 6.08 Å². The maximum Gasteiger partial charge on any atom is 0.341 e. The van der Waals surface area contributed by atoms with Crippen LogP contribution in [0.15, 0.2) is 45.8 Å². The fraction of sp³-hybridized carbons (Fsp3) is 0.615. The summed E-state index contributed by atoms with van der Waals surface area (Å²) < 4.78 is 4.81. The van der Waals surface area contributed by atoms with Crippen molar-refractivity contribution in [1.82, 2.24) is 0 Å². The van der Waals surface area contributed by atoms with Gasteiger partial charge in [-0.3, -0.25) is 4.79 Å². The minimum atomic E-state index is -1.10. The second kappa shape index (κ2) is 11.1. The summed E-state index contributed by atoms with van der Waals surface area (Å²) in [5.74, 6) is -1.13. The number of ketones is 1. The molecule has 3 N–H and O–H groups in total. The van der Waals surface area contributed by atoms with Crippen LogP contribution in [0.3, 0.4) is 0 Å². The van der Waals surface area contributed by atoms with E-state index in [-0.39, 0.29) is 22.7 Å². The second-order valence-corrected chi connectivity index (χ2v) is 9.68. The molecule has 0 amide bonds. The van der Waals surface area contributed by atoms with Gasteiger partial charge < -0.3 is 20.1 Å². The van der Waals surface area contributed by atoms with Crippen molar-refractivity contribution in [3.8, 4) is 0 Å². The van der Waals surface area contributed by atoms with E-state index in [1.54, 1.807) is 27.7 Å². The smallest absolute Gasteiger partial charge is 0.341 e. The largest absolute Gasteiger partial charge is 0.507 e. The average molecular weight is 449 g/mol. The molecule has 0 saturated heterocycles. The molecular formula is C26H40O6. The van der Waals surface area contributed by atoms with Crippen molar-refractivity contribution in [3.05, 3.63) is 45.8 Å². The molecule has 1 rings (SSSR count). The van der Waals surface area contributed by atoms with Gasteiger partial charge in [-0.25, -0.2) is 4.79 Å². The topological polar surface area (TPSA) is 104 Å². The van der Waals surface area contributed by atoms with Crippen LogP contribution < -0.4 is 0 Å². The molecule has 0 heterocycles. The van der Waals surface area contributed by atoms with Crippen LogP contribution in [0.25, 0.3) is 0 Å². The SMILES string of the molecule is COC(=O)C1=C(C)C(C)(C/C=C(\C)CC/C=C(\C)CCC(O)C(C)(C)O)C(=O)C(C)=C1O. The molecule has 0 spiro atoms. The Labute approximate surface area is 192 Å². The number of ether oxygens (including phenoxy) is 1. The highest BCUT2D eigenvalue weighted by molar-refractivity contribution is 6.08. The maximum absolute atomic E-state index is 13.0. The number of rotatable bonds is 10. The number of hydrogen-bond acceptors (Lipinski definition) is 6. The Morgan fingerprint density at radius 3 is 2.25 bits per heavy atom. The van der Waals surface area contributed by atoms with E-state index in [4.69, 9.17) is 4.74 Å². The van der Waals surface area contributed by atoms with Crippen LogP contribution in [0.5, 0.6) is 0 Å². The molecule has 0 aromatic rings. The first-order chi connectivity index (χ1) is 14.7. The minimum absolute atomic E-state index is 0.0740. The summed E-state index contributed by atoms with van der Waals surface area (Å²) in [6.07, 6.45) is 6.70. The van der Waals surface area contributed by atoms with Gasteiger partial charge in [-0.15, -0.1) is 0 Å². The van der Waals surface area contributed by atoms with Gasteiger partial charge in [0.25, 0.3) is 0 Å². The molecule has 180 valence electrons. The van der Waals surface area contributed by atoms with Crippen molar-refractivity contribution in [1.29, 1.82) is 0 Å². The third-order valence-corrected chi connectivity index (χ3v) is 6.54. The highest BCUT2D eigenvalue weighted by Crippen LogP contribution is 2.43. The van der Waals surface area contributed by atoms with Crippen molar-refractivity contribution in [2.45, 2.75) is 92.3 Å². The van der Waals surface area contributed by atoms with Crippen LogP contribution in [0.2, 0.25) is 0 Å². The lowest BCUT2D eigenvalue weighted by atomic mass is 9.68. The first-order valence-electron chi connectivity index (χ1n) is 11.1. The fourth-order valence-electron chi connectivity index (χ4n) is 3.78. The lowest BCUT2D eigenvalue weighted by Gasteiger charge is -2.34. The zero-order valence-electron chi connectivity index (χ0n) is 20.8. The zero-order valence-corrected chi connectivity index (χ0v) is 20.8. The first kappa shape index (κ1) is 27.9. The molecule has 0 aromatic carbocycles. The molecule has 2 atom stereocenters. The maximum atomic E-state index is 13.0. The number of allylic oxidation sites excluding steroid dienone is 6. The van der Waals surface area contributed by atoms with E-state index >= 15 is 0 Å². The summed E-state index contributed by atoms with van der Waals surface area (Å²) in [5.41, 5.74) is 1.04. The quantitative estimate of drug-likeness (QED) is 0.325. The molecule has 6 nitrogen and oxygen atoms in total. The van der Waals surface area contributed by atoms with Crippen LogP contribution in [0.1, 0.15) is 80.6 Å². The molecule has 0 saturated carbocycles. The van der Waals surface area contributed by atoms with Crippen molar-refractivity contribution in [2.75, 3.05) is 7.11 Å². The Balaban J connectivity index is 2.84. The predicted octanol–water partition coefficient (Wildman–Crippen LogP) is 4.87. The number of Topliss-reactive ketones (excluding diaryl/α,β-unsaturated/α-hetero) is 1. The molecule has 1 aliphatic rings. The van der Waals surface area contributed by atoms with Crippen molar-refractivity contribution < 1.29 is 29.6 Å². The van der Waals surface area contributed by atoms with Gasteiger partial charge in [0.1, 0.15) is 11.3 Å². The van der Waals surface area contributed by atoms with Crippen LogP contribution in [0, 0.1) is 5.41 Å². The van der Waals surface area contributed by atoms with Gasteiger partial charge in [0.05, 0.1) is 24.2 Å². The molecule has 6 heteroatoms. The number of aliphatic hydroxyl groups is 3. The summed E-state index contributed by atoms with van der Waals surface area (Å²) in [4.78, 5) is 25.1. The van der Waals surface area contributed by atoms with Crippen LogP contribution in [-0.4, -0.2) is 45.9 Å². The Kier molecular flexibility index (Phi) is 9.66. The summed E-state index contributed by atoms with van der Waals surface area (Å²) in [6, 6.07) is 0. The molecule has 2 unspecified atom stereocenters. The van der Waals surface area contributed by atoms with E-state index in [1.165, 1.54) is 14.0 Å². The van der Waals surface area contributed by atoms with E-state index in [1.807, 2.05) is 19.9 Å². The van der Waals surface area contributed by atoms with Crippen molar-refractivity contribution in [3.63, 3.8) is 0 Å². The van der Waals surface area contributed by atoms with Gasteiger partial charge in [-0.1, -0.05) is 23.3 Å². The molecule has 32 heavy (non-hydrogen) atoms. The average Bonchev–Trinajstić information content (AvgIpc) is 2.72. The Hall–Kier alpha value is -2.18. The van der Waals surface area contributed by atoms with E-state index < -0.39 is 23.1 Å². The van der Waals surface area contributed by atoms with Gasteiger partial charge >= 0.3 is 5.97 Å². The molecular weight excluding hydrogens is 408 g/mol. The van der Waals surface area contributed by atoms with Gasteiger partial charge in [-0.2, -0.15) is 0 Å². The molecule has 0 fully saturated rings. The Morgan fingerprint density at radius 1 is 1.16 bits per heavy atom. The van der Waals surface area contributed by atoms with Gasteiger partial charge in [-0.05, 0) is 86.1 Å². The summed E-state index contributed by atoms with van der Waals surface area (Å²) >= 11 is 0. The van der Waals surface area contributed by atoms with Crippen LogP contribution in [0.4, 0.5) is 0 Å². The second-order valence-electron chi connectivity index (χ2n) is 9.68. The van der Waals surface area contributed by atoms with Crippen molar-refractivity contribution >= 4 is 11.8 Å². The summed E-state index contributed by atoms with van der Waals surface area (Å²) in [6.45, 7) is 12.3. The van der Waals surface area contributed by atoms with Gasteiger partial charge in [0, 0.05) is 5.57 Å². The molecule has 0 aliphatic heterocycles. The summed E-state index contributed by atoms with van der Waals surface area (Å²) in [5, 5.41) is 30.1. The highest BCUT2D eigenvalue weighted by Gasteiger charge is 2.43. The van der Waals surface area contributed by atoms with Crippen molar-refractivity contribution in [2.24, 2.45) is 5.41 Å². The molecule has 0 radical (unpaired) electrons. The van der Waals surface area contributed by atoms with Crippen LogP contribution in [-0.2, 0) is 14.3 Å². The monoisotopic (exact) mass is 448 g/mol. The first-order valence-corrected chi connectivity index (χ1v) is 11.1. The standard InChI is InChI=1S/C26H40O6/c1-16(12-13-20(27)25(5,6)31)10-9-11-17(2)14-15-26(7)19(4)21(24(30)32-8)22(28)18(3)23(26)29/h10,14,20,27-28,31H,9,11-13,15H2,1-8H3/b16-10+,17-14+. The van der Waals surface area contributed by atoms with Gasteiger partial charge in [0.15, 0.2) is 5.78 Å². The normalized spacial score (nSPS) is 21.9. The van der Waals surface area contributed by atoms with Gasteiger partial charge in [0.2, 0.25) is 0 Å². The third kappa shape index (κ3) is 6.66. The third-order valence-electron chi connectivity index (χ3n) is 6.54. The lowest BCUT2D eigenvalue weighted by Crippen LogP contribution is -2.36. The van der Waals surface area contributed by atoms with Crippen LogP contribution >= 0.6 is 0 Å². The fourth-order valence-corrected chi connectivity index (χ4v) is 3.78. The van der Waals surface area contributed by atoms with E-state index in [9.17, 15) is 24.9 Å². The Bertz CT molecular complexity index is 850.